The van der Waals surface area contributed by atoms with Gasteiger partial charge in [0, 0.05) is 6.04 Å². The summed E-state index contributed by atoms with van der Waals surface area (Å²) in [5.41, 5.74) is 1.62. The number of benzene rings is 1. The summed E-state index contributed by atoms with van der Waals surface area (Å²) in [6.45, 7) is 4.07. The van der Waals surface area contributed by atoms with Gasteiger partial charge in [-0.15, -0.1) is 0 Å². The van der Waals surface area contributed by atoms with E-state index in [1.54, 1.807) is 25.4 Å². The maximum absolute atomic E-state index is 13.7. The van der Waals surface area contributed by atoms with E-state index in [1.165, 1.54) is 6.07 Å². The predicted octanol–water partition coefficient (Wildman–Crippen LogP) is 3.57. The Kier molecular flexibility index (Phi) is 4.85. The molecule has 1 aromatic carbocycles. The maximum Gasteiger partial charge on any atom is 0.161 e. The Balaban J connectivity index is 2.55. The van der Waals surface area contributed by atoms with Crippen molar-refractivity contribution in [3.63, 3.8) is 0 Å². The van der Waals surface area contributed by atoms with Gasteiger partial charge in [0.25, 0.3) is 0 Å². The molecular weight excluding hydrogens is 293 g/mol. The van der Waals surface area contributed by atoms with Crippen molar-refractivity contribution < 1.29 is 9.13 Å². The van der Waals surface area contributed by atoms with Crippen molar-refractivity contribution in [3.8, 4) is 5.75 Å². The Morgan fingerprint density at radius 1 is 1.38 bits per heavy atom. The number of rotatable bonds is 5. The van der Waals surface area contributed by atoms with Crippen LogP contribution in [-0.2, 0) is 0 Å². The number of methoxy groups -OCH3 is 1. The molecule has 2 rings (SSSR count). The number of ether oxygens (including phenoxy) is 1. The topological polar surface area (TPSA) is 39.1 Å². The lowest BCUT2D eigenvalue weighted by atomic mass is 10.0. The van der Waals surface area contributed by atoms with E-state index in [2.05, 4.69) is 10.4 Å². The van der Waals surface area contributed by atoms with E-state index in [4.69, 9.17) is 16.3 Å². The fourth-order valence-electron chi connectivity index (χ4n) is 2.35. The fraction of sp³-hybridized carbons (Fsp3) is 0.400. The molecule has 0 saturated heterocycles. The Morgan fingerprint density at radius 3 is 2.62 bits per heavy atom. The first-order valence-electron chi connectivity index (χ1n) is 6.73. The van der Waals surface area contributed by atoms with Crippen LogP contribution in [0.5, 0.6) is 5.75 Å². The summed E-state index contributed by atoms with van der Waals surface area (Å²) < 4.78 is 21.0. The molecule has 0 aliphatic rings. The highest BCUT2D eigenvalue weighted by atomic mass is 35.5. The Hall–Kier alpha value is -1.59. The van der Waals surface area contributed by atoms with Gasteiger partial charge >= 0.3 is 0 Å². The largest absolute Gasteiger partial charge is 0.493 e. The van der Waals surface area contributed by atoms with Crippen LogP contribution < -0.4 is 10.1 Å². The second kappa shape index (κ2) is 6.45. The third kappa shape index (κ3) is 3.04. The first kappa shape index (κ1) is 15.8. The minimum Gasteiger partial charge on any atom is -0.493 e. The third-order valence-electron chi connectivity index (χ3n) is 3.35. The molecule has 0 aliphatic heterocycles. The lowest BCUT2D eigenvalue weighted by Crippen LogP contribution is -2.23. The molecule has 0 spiro atoms. The molecule has 114 valence electrons. The van der Waals surface area contributed by atoms with Crippen molar-refractivity contribution >= 4 is 11.6 Å². The van der Waals surface area contributed by atoms with Gasteiger partial charge in [-0.25, -0.2) is 4.39 Å². The van der Waals surface area contributed by atoms with E-state index < -0.39 is 5.82 Å². The van der Waals surface area contributed by atoms with Gasteiger partial charge in [0.1, 0.15) is 11.5 Å². The monoisotopic (exact) mass is 311 g/mol. The number of nitrogens with one attached hydrogen (secondary N) is 1. The first-order valence-corrected chi connectivity index (χ1v) is 7.11. The van der Waals surface area contributed by atoms with Crippen LogP contribution in [0.4, 0.5) is 4.39 Å². The van der Waals surface area contributed by atoms with E-state index in [0.717, 1.165) is 11.3 Å². The lowest BCUT2D eigenvalue weighted by molar-refractivity contribution is 0.396. The molecule has 1 unspecified atom stereocenters. The zero-order valence-corrected chi connectivity index (χ0v) is 13.3. The van der Waals surface area contributed by atoms with Crippen molar-refractivity contribution in [2.45, 2.75) is 25.9 Å². The van der Waals surface area contributed by atoms with Crippen LogP contribution in [0.3, 0.4) is 0 Å². The normalized spacial score (nSPS) is 12.7. The standard InChI is InChI=1S/C15H19ClFN3O/c1-9(2)20-15(13(21-4)8-19-20)14(18-3)10-5-6-11(16)12(17)7-10/h5-9,14,18H,1-4H3. The predicted molar refractivity (Wildman–Crippen MR) is 81.5 cm³/mol. The minimum absolute atomic E-state index is 0.109. The van der Waals surface area contributed by atoms with E-state index in [-0.39, 0.29) is 17.1 Å². The van der Waals surface area contributed by atoms with Crippen molar-refractivity contribution in [2.24, 2.45) is 0 Å². The summed E-state index contributed by atoms with van der Waals surface area (Å²) in [5, 5.41) is 7.65. The number of halogens is 2. The Morgan fingerprint density at radius 2 is 2.10 bits per heavy atom. The summed E-state index contributed by atoms with van der Waals surface area (Å²) in [6.07, 6.45) is 1.67. The first-order chi connectivity index (χ1) is 9.99. The molecule has 6 heteroatoms. The summed E-state index contributed by atoms with van der Waals surface area (Å²) in [6, 6.07) is 4.71. The van der Waals surface area contributed by atoms with E-state index in [0.29, 0.717) is 5.75 Å². The zero-order chi connectivity index (χ0) is 15.6. The zero-order valence-electron chi connectivity index (χ0n) is 12.5. The van der Waals surface area contributed by atoms with Gasteiger partial charge in [0.15, 0.2) is 5.75 Å². The number of hydrogen-bond donors (Lipinski definition) is 1. The molecule has 0 amide bonds. The van der Waals surface area contributed by atoms with E-state index in [1.807, 2.05) is 25.6 Å². The van der Waals surface area contributed by atoms with Crippen LogP contribution in [0, 0.1) is 5.82 Å². The average molecular weight is 312 g/mol. The second-order valence-electron chi connectivity index (χ2n) is 5.03. The van der Waals surface area contributed by atoms with Gasteiger partial charge < -0.3 is 10.1 Å². The van der Waals surface area contributed by atoms with E-state index >= 15 is 0 Å². The summed E-state index contributed by atoms with van der Waals surface area (Å²) in [5.74, 6) is 0.224. The molecule has 0 aliphatic carbocycles. The SMILES string of the molecule is CNC(c1ccc(Cl)c(F)c1)c1c(OC)cnn1C(C)C. The molecule has 0 bridgehead atoms. The van der Waals surface area contributed by atoms with Crippen LogP contribution in [0.2, 0.25) is 5.02 Å². The quantitative estimate of drug-likeness (QED) is 0.917. The van der Waals surface area contributed by atoms with E-state index in [9.17, 15) is 4.39 Å². The van der Waals surface area contributed by atoms with Crippen LogP contribution in [0.1, 0.15) is 37.2 Å². The molecule has 1 atom stereocenters. The van der Waals surface area contributed by atoms with Crippen LogP contribution in [-0.4, -0.2) is 23.9 Å². The summed E-state index contributed by atoms with van der Waals surface area (Å²) >= 11 is 5.76. The van der Waals surface area contributed by atoms with Crippen LogP contribution >= 0.6 is 11.6 Å². The van der Waals surface area contributed by atoms with Gasteiger partial charge in [-0.1, -0.05) is 17.7 Å². The molecule has 21 heavy (non-hydrogen) atoms. The smallest absolute Gasteiger partial charge is 0.161 e. The summed E-state index contributed by atoms with van der Waals surface area (Å²) in [4.78, 5) is 0. The number of nitrogens with zero attached hydrogens (tertiary/aromatic N) is 2. The Labute approximate surface area is 128 Å². The molecule has 2 aromatic rings. The highest BCUT2D eigenvalue weighted by molar-refractivity contribution is 6.30. The molecule has 0 saturated carbocycles. The molecular formula is C15H19ClFN3O. The van der Waals surface area contributed by atoms with Gasteiger partial charge in [-0.2, -0.15) is 5.10 Å². The molecule has 0 fully saturated rings. The maximum atomic E-state index is 13.7. The van der Waals surface area contributed by atoms with Gasteiger partial charge in [-0.3, -0.25) is 4.68 Å². The minimum atomic E-state index is -0.441. The van der Waals surface area contributed by atoms with Crippen molar-refractivity contribution in [1.29, 1.82) is 0 Å². The molecule has 1 N–H and O–H groups in total. The Bertz CT molecular complexity index is 627. The van der Waals surface area contributed by atoms with Crippen molar-refractivity contribution in [3.05, 3.63) is 46.5 Å². The van der Waals surface area contributed by atoms with Gasteiger partial charge in [-0.05, 0) is 38.6 Å². The van der Waals surface area contributed by atoms with Crippen LogP contribution in [0.25, 0.3) is 0 Å². The summed E-state index contributed by atoms with van der Waals surface area (Å²) in [7, 11) is 3.41. The number of hydrogen-bond acceptors (Lipinski definition) is 3. The third-order valence-corrected chi connectivity index (χ3v) is 3.65. The second-order valence-corrected chi connectivity index (χ2v) is 5.44. The molecule has 1 heterocycles. The van der Waals surface area contributed by atoms with Gasteiger partial charge in [0.2, 0.25) is 0 Å². The average Bonchev–Trinajstić information content (AvgIpc) is 2.87. The molecule has 4 nitrogen and oxygen atoms in total. The highest BCUT2D eigenvalue weighted by Crippen LogP contribution is 2.32. The fourth-order valence-corrected chi connectivity index (χ4v) is 2.47. The van der Waals surface area contributed by atoms with Crippen LogP contribution in [0.15, 0.2) is 24.4 Å². The highest BCUT2D eigenvalue weighted by Gasteiger charge is 2.24. The molecule has 0 radical (unpaired) electrons. The van der Waals surface area contributed by atoms with Crippen molar-refractivity contribution in [2.75, 3.05) is 14.2 Å². The van der Waals surface area contributed by atoms with Crippen molar-refractivity contribution in [1.82, 2.24) is 15.1 Å². The van der Waals surface area contributed by atoms with Gasteiger partial charge in [0.05, 0.1) is 24.4 Å². The number of aromatic nitrogens is 2. The lowest BCUT2D eigenvalue weighted by Gasteiger charge is -2.21. The molecule has 1 aromatic heterocycles.